The van der Waals surface area contributed by atoms with Crippen molar-refractivity contribution in [1.29, 1.82) is 5.26 Å². The van der Waals surface area contributed by atoms with Gasteiger partial charge in [0.15, 0.2) is 11.5 Å². The second-order valence-electron chi connectivity index (χ2n) is 7.33. The predicted molar refractivity (Wildman–Crippen MR) is 111 cm³/mol. The molecule has 1 atom stereocenters. The van der Waals surface area contributed by atoms with Gasteiger partial charge in [-0.25, -0.2) is 0 Å². The molecule has 31 heavy (non-hydrogen) atoms. The molecule has 1 aliphatic carbocycles. The van der Waals surface area contributed by atoms with E-state index in [0.29, 0.717) is 11.3 Å². The van der Waals surface area contributed by atoms with E-state index in [9.17, 15) is 19.6 Å². The highest BCUT2D eigenvalue weighted by Crippen LogP contribution is 2.55. The van der Waals surface area contributed by atoms with Gasteiger partial charge in [-0.05, 0) is 6.07 Å². The van der Waals surface area contributed by atoms with Crippen molar-refractivity contribution in [2.24, 2.45) is 5.73 Å². The number of ketones is 2. The Bertz CT molecular complexity index is 1340. The summed E-state index contributed by atoms with van der Waals surface area (Å²) in [4.78, 5) is 42.3. The zero-order valence-corrected chi connectivity index (χ0v) is 16.2. The Morgan fingerprint density at radius 2 is 1.71 bits per heavy atom. The van der Waals surface area contributed by atoms with Crippen molar-refractivity contribution in [2.45, 2.75) is 5.41 Å². The van der Waals surface area contributed by atoms with Crippen LogP contribution in [0.25, 0.3) is 0 Å². The molecule has 0 fully saturated rings. The summed E-state index contributed by atoms with van der Waals surface area (Å²) in [7, 11) is 0. The summed E-state index contributed by atoms with van der Waals surface area (Å²) in [6.45, 7) is 3.86. The fraction of sp³-hybridized carbons (Fsp3) is 0.0833. The molecule has 7 heteroatoms. The van der Waals surface area contributed by atoms with Crippen molar-refractivity contribution in [3.63, 3.8) is 0 Å². The van der Waals surface area contributed by atoms with Crippen molar-refractivity contribution in [3.05, 3.63) is 101 Å². The first kappa shape index (κ1) is 18.6. The fourth-order valence-corrected chi connectivity index (χ4v) is 4.65. The monoisotopic (exact) mass is 409 g/mol. The van der Waals surface area contributed by atoms with Crippen molar-refractivity contribution in [3.8, 4) is 6.07 Å². The van der Waals surface area contributed by atoms with Crippen molar-refractivity contribution >= 4 is 23.2 Å². The predicted octanol–water partition coefficient (Wildman–Crippen LogP) is 2.51. The highest BCUT2D eigenvalue weighted by Gasteiger charge is 2.63. The third kappa shape index (κ3) is 2.08. The van der Waals surface area contributed by atoms with Gasteiger partial charge in [-0.2, -0.15) is 5.26 Å². The van der Waals surface area contributed by atoms with Gasteiger partial charge in [-0.15, -0.1) is 6.58 Å². The molecule has 0 radical (unpaired) electrons. The van der Waals surface area contributed by atoms with Crippen LogP contribution in [-0.4, -0.2) is 24.0 Å². The van der Waals surface area contributed by atoms with Crippen molar-refractivity contribution in [1.82, 2.24) is 0 Å². The number of carbonyl (C=O) groups is 3. The van der Waals surface area contributed by atoms with Crippen LogP contribution in [0.15, 0.2) is 84.0 Å². The van der Waals surface area contributed by atoms with E-state index in [1.165, 1.54) is 17.0 Å². The topological polar surface area (TPSA) is 113 Å². The number of nitriles is 1. The van der Waals surface area contributed by atoms with Crippen LogP contribution in [0.5, 0.6) is 0 Å². The van der Waals surface area contributed by atoms with Gasteiger partial charge in [0, 0.05) is 28.9 Å². The van der Waals surface area contributed by atoms with E-state index in [4.69, 9.17) is 10.5 Å². The first-order chi connectivity index (χ1) is 15.0. The highest BCUT2D eigenvalue weighted by atomic mass is 16.5. The molecule has 1 spiro atoms. The quantitative estimate of drug-likeness (QED) is 0.763. The molecule has 1 unspecified atom stereocenters. The van der Waals surface area contributed by atoms with Crippen LogP contribution in [0.3, 0.4) is 0 Å². The number of allylic oxidation sites excluding steroid dienone is 1. The lowest BCUT2D eigenvalue weighted by Gasteiger charge is -2.37. The number of carbonyl (C=O) groups excluding carboxylic acids is 3. The van der Waals surface area contributed by atoms with E-state index in [1.807, 2.05) is 6.07 Å². The third-order valence-electron chi connectivity index (χ3n) is 5.87. The summed E-state index contributed by atoms with van der Waals surface area (Å²) in [6.07, 6.45) is 1.55. The fourth-order valence-electron chi connectivity index (χ4n) is 4.65. The maximum Gasteiger partial charge on any atom is 0.248 e. The lowest BCUT2D eigenvalue weighted by Crippen LogP contribution is -2.50. The number of hydrogen-bond donors (Lipinski definition) is 1. The van der Waals surface area contributed by atoms with E-state index in [2.05, 4.69) is 6.58 Å². The van der Waals surface area contributed by atoms with Gasteiger partial charge in [0.1, 0.15) is 17.1 Å². The van der Waals surface area contributed by atoms with Gasteiger partial charge in [-0.3, -0.25) is 14.4 Å². The number of hydrogen-bond acceptors (Lipinski definition) is 6. The number of Topliss-reactive ketones (excluding diaryl/α,β-unsaturated/α-hetero) is 2. The number of benzene rings is 2. The van der Waals surface area contributed by atoms with Crippen molar-refractivity contribution in [2.75, 3.05) is 11.4 Å². The number of fused-ring (bicyclic) bond motifs is 4. The molecule has 1 amide bonds. The minimum Gasteiger partial charge on any atom is -0.436 e. The third-order valence-corrected chi connectivity index (χ3v) is 5.87. The molecule has 150 valence electrons. The van der Waals surface area contributed by atoms with Crippen molar-refractivity contribution < 1.29 is 19.1 Å². The molecule has 2 aromatic carbocycles. The second-order valence-corrected chi connectivity index (χ2v) is 7.33. The van der Waals surface area contributed by atoms with Crippen LogP contribution in [-0.2, 0) is 14.9 Å². The van der Waals surface area contributed by atoms with Gasteiger partial charge in [-0.1, -0.05) is 48.5 Å². The average Bonchev–Trinajstić information content (AvgIpc) is 3.01. The van der Waals surface area contributed by atoms with Gasteiger partial charge >= 0.3 is 0 Å². The summed E-state index contributed by atoms with van der Waals surface area (Å²) in [5.41, 5.74) is 5.04. The van der Waals surface area contributed by atoms with E-state index < -0.39 is 22.9 Å². The Morgan fingerprint density at radius 1 is 1.06 bits per heavy atom. The highest BCUT2D eigenvalue weighted by molar-refractivity contribution is 6.32. The molecule has 0 bridgehead atoms. The number of amides is 1. The lowest BCUT2D eigenvalue weighted by atomic mass is 9.64. The molecule has 5 rings (SSSR count). The Morgan fingerprint density at radius 3 is 2.39 bits per heavy atom. The Hall–Kier alpha value is -4.44. The summed E-state index contributed by atoms with van der Waals surface area (Å²) in [6, 6.07) is 15.1. The summed E-state index contributed by atoms with van der Waals surface area (Å²) in [5.74, 6) is -2.34. The number of ether oxygens (including phenoxy) is 1. The first-order valence-electron chi connectivity index (χ1n) is 9.52. The van der Waals surface area contributed by atoms with Gasteiger partial charge in [0.2, 0.25) is 17.6 Å². The van der Waals surface area contributed by atoms with Crippen LogP contribution in [0, 0.1) is 11.3 Å². The molecule has 2 aromatic rings. The summed E-state index contributed by atoms with van der Waals surface area (Å²) >= 11 is 0. The maximum atomic E-state index is 13.9. The normalized spacial score (nSPS) is 21.5. The minimum atomic E-state index is -1.87. The first-order valence-corrected chi connectivity index (χ1v) is 9.52. The minimum absolute atomic E-state index is 0.151. The zero-order valence-electron chi connectivity index (χ0n) is 16.2. The van der Waals surface area contributed by atoms with E-state index >= 15 is 0 Å². The van der Waals surface area contributed by atoms with Gasteiger partial charge in [0.05, 0.1) is 5.57 Å². The Labute approximate surface area is 177 Å². The molecule has 2 N–H and O–H groups in total. The molecular weight excluding hydrogens is 394 g/mol. The maximum absolute atomic E-state index is 13.9. The van der Waals surface area contributed by atoms with Crippen LogP contribution in [0.1, 0.15) is 26.3 Å². The molecule has 2 heterocycles. The number of rotatable bonds is 2. The van der Waals surface area contributed by atoms with Crippen LogP contribution in [0.4, 0.5) is 5.69 Å². The molecule has 0 aromatic heterocycles. The average molecular weight is 409 g/mol. The zero-order chi connectivity index (χ0) is 21.9. The lowest BCUT2D eigenvalue weighted by molar-refractivity contribution is -0.121. The number of nitrogens with two attached hydrogens (primary N) is 1. The van der Waals surface area contributed by atoms with Crippen LogP contribution < -0.4 is 10.6 Å². The van der Waals surface area contributed by atoms with Crippen LogP contribution in [0.2, 0.25) is 0 Å². The van der Waals surface area contributed by atoms with E-state index in [1.54, 1.807) is 42.5 Å². The molecule has 7 nitrogen and oxygen atoms in total. The SMILES string of the molecule is C=CCN1C(=O)C2(C(C#N)=C(N)OC3=C2C(=O)c2ccccc2C3=O)c2ccccc21. The largest absolute Gasteiger partial charge is 0.436 e. The standard InChI is InChI=1S/C24H15N3O4/c1-2-11-27-17-10-6-5-9-15(17)24(23(27)30)16(12-25)22(26)31-21-18(24)19(28)13-7-3-4-8-14(13)20(21)29/h2-10H,1,11,26H2. The van der Waals surface area contributed by atoms with E-state index in [0.717, 1.165) is 0 Å². The Kier molecular flexibility index (Phi) is 3.76. The molecular formula is C24H15N3O4. The molecule has 0 saturated carbocycles. The molecule has 3 aliphatic rings. The smallest absolute Gasteiger partial charge is 0.248 e. The number of nitrogens with zero attached hydrogens (tertiary/aromatic N) is 2. The molecule has 0 saturated heterocycles. The van der Waals surface area contributed by atoms with Gasteiger partial charge in [0.25, 0.3) is 0 Å². The second kappa shape index (κ2) is 6.28. The number of para-hydroxylation sites is 1. The van der Waals surface area contributed by atoms with E-state index in [-0.39, 0.29) is 40.5 Å². The number of anilines is 1. The summed E-state index contributed by atoms with van der Waals surface area (Å²) in [5, 5.41) is 10.0. The van der Waals surface area contributed by atoms with Gasteiger partial charge < -0.3 is 15.4 Å². The molecule has 2 aliphatic heterocycles. The Balaban J connectivity index is 1.91. The van der Waals surface area contributed by atoms with Crippen LogP contribution >= 0.6 is 0 Å². The summed E-state index contributed by atoms with van der Waals surface area (Å²) < 4.78 is 5.53.